The van der Waals surface area contributed by atoms with Crippen LogP contribution in [-0.4, -0.2) is 9.97 Å². The van der Waals surface area contributed by atoms with E-state index >= 15 is 0 Å². The van der Waals surface area contributed by atoms with Gasteiger partial charge in [0, 0.05) is 5.56 Å². The molecule has 0 aliphatic rings. The minimum absolute atomic E-state index is 0.251. The lowest BCUT2D eigenvalue weighted by Gasteiger charge is -1.97. The predicted molar refractivity (Wildman–Crippen MR) is 46.3 cm³/mol. The Hall–Kier alpha value is -1.77. The summed E-state index contributed by atoms with van der Waals surface area (Å²) in [6, 6.07) is 6.13. The number of benzene rings is 1. The van der Waals surface area contributed by atoms with E-state index in [0.717, 1.165) is 11.3 Å². The summed E-state index contributed by atoms with van der Waals surface area (Å²) in [5.74, 6) is -0.251. The van der Waals surface area contributed by atoms with Crippen molar-refractivity contribution in [2.24, 2.45) is 0 Å². The highest BCUT2D eigenvalue weighted by Crippen LogP contribution is 2.14. The first kappa shape index (κ1) is 7.86. The van der Waals surface area contributed by atoms with Crippen LogP contribution in [0.5, 0.6) is 0 Å². The van der Waals surface area contributed by atoms with Crippen molar-refractivity contribution in [1.82, 2.24) is 9.97 Å². The molecule has 0 aliphatic carbocycles. The summed E-state index contributed by atoms with van der Waals surface area (Å²) in [4.78, 5) is 7.84. The first-order chi connectivity index (χ1) is 6.36. The monoisotopic (exact) mass is 173 g/mol. The van der Waals surface area contributed by atoms with Crippen LogP contribution in [0.2, 0.25) is 0 Å². The van der Waals surface area contributed by atoms with Crippen LogP contribution < -0.4 is 0 Å². The van der Waals surface area contributed by atoms with Gasteiger partial charge in [-0.3, -0.25) is 9.97 Å². The zero-order valence-corrected chi connectivity index (χ0v) is 6.74. The van der Waals surface area contributed by atoms with Crippen LogP contribution in [-0.2, 0) is 0 Å². The van der Waals surface area contributed by atoms with Crippen molar-refractivity contribution < 1.29 is 4.39 Å². The fourth-order valence-corrected chi connectivity index (χ4v) is 1.03. The quantitative estimate of drug-likeness (QED) is 0.659. The molecule has 1 aromatic heterocycles. The summed E-state index contributed by atoms with van der Waals surface area (Å²) >= 11 is 0. The van der Waals surface area contributed by atoms with Crippen LogP contribution in [0, 0.1) is 12.0 Å². The van der Waals surface area contributed by atoms with Crippen molar-refractivity contribution in [3.63, 3.8) is 0 Å². The third-order valence-electron chi connectivity index (χ3n) is 1.66. The molecular weight excluding hydrogens is 167 g/mol. The number of nitrogens with zero attached hydrogens (tertiary/aromatic N) is 2. The molecule has 1 aromatic carbocycles. The zero-order chi connectivity index (χ0) is 9.10. The maximum atomic E-state index is 12.6. The molecule has 2 nitrogen and oxygen atoms in total. The Balaban J connectivity index is 2.42. The van der Waals surface area contributed by atoms with Crippen LogP contribution in [0.15, 0.2) is 36.7 Å². The molecule has 0 saturated heterocycles. The molecule has 0 saturated carbocycles. The Morgan fingerprint density at radius 3 is 2.54 bits per heavy atom. The van der Waals surface area contributed by atoms with Gasteiger partial charge in [0.25, 0.3) is 0 Å². The SMILES string of the molecule is Fc1ccc(-c2cn[c]cn2)cc1. The molecule has 1 heterocycles. The Bertz CT molecular complexity index is 383. The Morgan fingerprint density at radius 2 is 1.92 bits per heavy atom. The molecule has 0 N–H and O–H groups in total. The van der Waals surface area contributed by atoms with E-state index in [1.165, 1.54) is 18.3 Å². The van der Waals surface area contributed by atoms with Crippen molar-refractivity contribution in [2.45, 2.75) is 0 Å². The maximum Gasteiger partial charge on any atom is 0.123 e. The first-order valence-corrected chi connectivity index (χ1v) is 3.80. The molecule has 0 spiro atoms. The summed E-state index contributed by atoms with van der Waals surface area (Å²) in [5.41, 5.74) is 1.57. The fraction of sp³-hybridized carbons (Fsp3) is 0. The molecule has 13 heavy (non-hydrogen) atoms. The van der Waals surface area contributed by atoms with Crippen LogP contribution in [0.4, 0.5) is 4.39 Å². The van der Waals surface area contributed by atoms with E-state index in [4.69, 9.17) is 0 Å². The number of hydrogen-bond donors (Lipinski definition) is 0. The van der Waals surface area contributed by atoms with E-state index in [-0.39, 0.29) is 5.82 Å². The van der Waals surface area contributed by atoms with Crippen molar-refractivity contribution in [2.75, 3.05) is 0 Å². The van der Waals surface area contributed by atoms with Crippen LogP contribution in [0.3, 0.4) is 0 Å². The lowest BCUT2D eigenvalue weighted by atomic mass is 10.2. The molecule has 2 rings (SSSR count). The van der Waals surface area contributed by atoms with Crippen LogP contribution >= 0.6 is 0 Å². The average molecular weight is 173 g/mol. The summed E-state index contributed by atoms with van der Waals surface area (Å²) in [6.45, 7) is 0. The molecule has 0 atom stereocenters. The molecule has 0 bridgehead atoms. The summed E-state index contributed by atoms with van der Waals surface area (Å²) in [5, 5.41) is 0. The summed E-state index contributed by atoms with van der Waals surface area (Å²) in [7, 11) is 0. The molecule has 0 amide bonds. The van der Waals surface area contributed by atoms with Gasteiger partial charge in [-0.05, 0) is 24.3 Å². The number of rotatable bonds is 1. The minimum Gasteiger partial charge on any atom is -0.252 e. The number of hydrogen-bond acceptors (Lipinski definition) is 2. The van der Waals surface area contributed by atoms with E-state index in [0.29, 0.717) is 0 Å². The van der Waals surface area contributed by atoms with Crippen molar-refractivity contribution in [3.05, 3.63) is 48.7 Å². The number of aromatic nitrogens is 2. The van der Waals surface area contributed by atoms with E-state index in [2.05, 4.69) is 16.2 Å². The van der Waals surface area contributed by atoms with Crippen molar-refractivity contribution in [3.8, 4) is 11.3 Å². The largest absolute Gasteiger partial charge is 0.252 e. The first-order valence-electron chi connectivity index (χ1n) is 3.80. The normalized spacial score (nSPS) is 9.92. The van der Waals surface area contributed by atoms with Crippen molar-refractivity contribution >= 4 is 0 Å². The van der Waals surface area contributed by atoms with E-state index < -0.39 is 0 Å². The van der Waals surface area contributed by atoms with Crippen molar-refractivity contribution in [1.29, 1.82) is 0 Å². The standard InChI is InChI=1S/C10H6FN2/c11-9-3-1-8(2-4-9)10-7-12-5-6-13-10/h1-4,6-7H. The molecule has 1 radical (unpaired) electrons. The second-order valence-electron chi connectivity index (χ2n) is 2.54. The van der Waals surface area contributed by atoms with Gasteiger partial charge in [0.1, 0.15) is 12.0 Å². The molecule has 63 valence electrons. The zero-order valence-electron chi connectivity index (χ0n) is 6.74. The Morgan fingerprint density at radius 1 is 1.15 bits per heavy atom. The van der Waals surface area contributed by atoms with Gasteiger partial charge in [0.15, 0.2) is 0 Å². The third-order valence-corrected chi connectivity index (χ3v) is 1.66. The molecule has 2 aromatic rings. The van der Waals surface area contributed by atoms with Crippen LogP contribution in [0.25, 0.3) is 11.3 Å². The second-order valence-corrected chi connectivity index (χ2v) is 2.54. The highest BCUT2D eigenvalue weighted by atomic mass is 19.1. The molecule has 0 aliphatic heterocycles. The minimum atomic E-state index is -0.251. The van der Waals surface area contributed by atoms with Gasteiger partial charge >= 0.3 is 0 Å². The van der Waals surface area contributed by atoms with Gasteiger partial charge in [0.05, 0.1) is 18.1 Å². The van der Waals surface area contributed by atoms with Gasteiger partial charge in [-0.1, -0.05) is 0 Å². The van der Waals surface area contributed by atoms with E-state index in [1.807, 2.05) is 0 Å². The van der Waals surface area contributed by atoms with Gasteiger partial charge in [-0.25, -0.2) is 4.39 Å². The van der Waals surface area contributed by atoms with Gasteiger partial charge in [-0.2, -0.15) is 0 Å². The van der Waals surface area contributed by atoms with Crippen LogP contribution in [0.1, 0.15) is 0 Å². The topological polar surface area (TPSA) is 25.8 Å². The molecule has 0 fully saturated rings. The molecular formula is C10H6FN2. The van der Waals surface area contributed by atoms with Gasteiger partial charge in [0.2, 0.25) is 0 Å². The predicted octanol–water partition coefficient (Wildman–Crippen LogP) is 2.08. The van der Waals surface area contributed by atoms with Gasteiger partial charge in [-0.15, -0.1) is 0 Å². The lowest BCUT2D eigenvalue weighted by Crippen LogP contribution is -1.84. The Kier molecular flexibility index (Phi) is 2.00. The highest BCUT2D eigenvalue weighted by molar-refractivity contribution is 5.57. The molecule has 0 unspecified atom stereocenters. The van der Waals surface area contributed by atoms with Gasteiger partial charge < -0.3 is 0 Å². The molecule has 3 heteroatoms. The smallest absolute Gasteiger partial charge is 0.123 e. The summed E-state index contributed by atoms with van der Waals surface area (Å²) in [6.07, 6.45) is 5.65. The number of halogens is 1. The Labute approximate surface area is 75.1 Å². The second kappa shape index (κ2) is 3.31. The highest BCUT2D eigenvalue weighted by Gasteiger charge is 1.97. The van der Waals surface area contributed by atoms with E-state index in [1.54, 1.807) is 18.3 Å². The third kappa shape index (κ3) is 1.69. The average Bonchev–Trinajstić information content (AvgIpc) is 2.20. The maximum absolute atomic E-state index is 12.6. The van der Waals surface area contributed by atoms with E-state index in [9.17, 15) is 4.39 Å². The summed E-state index contributed by atoms with van der Waals surface area (Å²) < 4.78 is 12.6. The fourth-order valence-electron chi connectivity index (χ4n) is 1.03. The lowest BCUT2D eigenvalue weighted by molar-refractivity contribution is 0.628.